The summed E-state index contributed by atoms with van der Waals surface area (Å²) >= 11 is 0. The van der Waals surface area contributed by atoms with Crippen LogP contribution in [0.2, 0.25) is 0 Å². The second-order valence-corrected chi connectivity index (χ2v) is 8.19. The molecule has 0 aliphatic heterocycles. The van der Waals surface area contributed by atoms with Crippen LogP contribution in [0.15, 0.2) is 0 Å². The first kappa shape index (κ1) is 11.5. The molecule has 2 atom stereocenters. The Morgan fingerprint density at radius 3 is 2.00 bits per heavy atom. The second kappa shape index (κ2) is 3.84. The van der Waals surface area contributed by atoms with E-state index in [9.17, 15) is 4.79 Å². The lowest BCUT2D eigenvalue weighted by Crippen LogP contribution is -2.52. The molecule has 0 aromatic carbocycles. The van der Waals surface area contributed by atoms with Crippen molar-refractivity contribution in [2.75, 3.05) is 0 Å². The summed E-state index contributed by atoms with van der Waals surface area (Å²) in [6.45, 7) is 2.26. The second-order valence-electron chi connectivity index (χ2n) is 8.19. The van der Waals surface area contributed by atoms with Gasteiger partial charge in [-0.3, -0.25) is 4.79 Å². The van der Waals surface area contributed by atoms with Crippen molar-refractivity contribution in [2.24, 2.45) is 35.0 Å². The van der Waals surface area contributed by atoms with Crippen molar-refractivity contribution in [3.05, 3.63) is 0 Å². The van der Waals surface area contributed by atoms with Gasteiger partial charge in [0.25, 0.3) is 0 Å². The van der Waals surface area contributed by atoms with Crippen molar-refractivity contribution < 1.29 is 4.79 Å². The van der Waals surface area contributed by atoms with Gasteiger partial charge < -0.3 is 0 Å². The quantitative estimate of drug-likeness (QED) is 0.677. The molecule has 0 aromatic heterocycles. The van der Waals surface area contributed by atoms with Gasteiger partial charge in [-0.25, -0.2) is 0 Å². The van der Waals surface area contributed by atoms with Gasteiger partial charge in [0.05, 0.1) is 0 Å². The summed E-state index contributed by atoms with van der Waals surface area (Å²) in [6.07, 6.45) is 12.1. The van der Waals surface area contributed by atoms with Crippen LogP contribution in [0.5, 0.6) is 0 Å². The van der Waals surface area contributed by atoms with Crippen LogP contribution in [-0.2, 0) is 4.79 Å². The Hall–Kier alpha value is -0.330. The molecular formula is C17H26O. The third-order valence-corrected chi connectivity index (χ3v) is 6.71. The zero-order chi connectivity index (χ0) is 12.3. The van der Waals surface area contributed by atoms with Crippen LogP contribution in [0.4, 0.5) is 0 Å². The topological polar surface area (TPSA) is 17.1 Å². The van der Waals surface area contributed by atoms with E-state index in [-0.39, 0.29) is 0 Å². The number of hydrogen-bond donors (Lipinski definition) is 0. The zero-order valence-corrected chi connectivity index (χ0v) is 11.7. The molecule has 0 heterocycles. The molecule has 0 saturated heterocycles. The minimum atomic E-state index is 0.460. The highest BCUT2D eigenvalue weighted by Crippen LogP contribution is 2.64. The number of carbonyl (C=O) groups is 1. The molecule has 5 aliphatic carbocycles. The molecule has 100 valence electrons. The van der Waals surface area contributed by atoms with E-state index in [1.54, 1.807) is 0 Å². The Balaban J connectivity index is 1.61. The Bertz CT molecular complexity index is 335. The summed E-state index contributed by atoms with van der Waals surface area (Å²) < 4.78 is 0. The summed E-state index contributed by atoms with van der Waals surface area (Å²) in [5.41, 5.74) is 0.478. The maximum absolute atomic E-state index is 12.5. The van der Waals surface area contributed by atoms with E-state index in [2.05, 4.69) is 6.92 Å². The third kappa shape index (κ3) is 1.62. The maximum Gasteiger partial charge on any atom is 0.136 e. The molecule has 0 aromatic rings. The minimum absolute atomic E-state index is 0.460. The third-order valence-electron chi connectivity index (χ3n) is 6.71. The van der Waals surface area contributed by atoms with Crippen molar-refractivity contribution in [3.8, 4) is 0 Å². The maximum atomic E-state index is 12.5. The first-order valence-corrected chi connectivity index (χ1v) is 8.17. The molecule has 1 nitrogen and oxygen atoms in total. The van der Waals surface area contributed by atoms with Crippen molar-refractivity contribution in [3.63, 3.8) is 0 Å². The molecule has 1 heteroatoms. The van der Waals surface area contributed by atoms with E-state index in [1.807, 2.05) is 0 Å². The molecule has 0 unspecified atom stereocenters. The molecule has 0 amide bonds. The van der Waals surface area contributed by atoms with Crippen LogP contribution in [0.3, 0.4) is 0 Å². The molecular weight excluding hydrogens is 220 g/mol. The van der Waals surface area contributed by atoms with Crippen LogP contribution < -0.4 is 0 Å². The fourth-order valence-electron chi connectivity index (χ4n) is 6.45. The normalized spacial score (nSPS) is 54.9. The average molecular weight is 246 g/mol. The van der Waals surface area contributed by atoms with E-state index in [0.717, 1.165) is 24.2 Å². The Kier molecular flexibility index (Phi) is 2.45. The smallest absolute Gasteiger partial charge is 0.136 e. The summed E-state index contributed by atoms with van der Waals surface area (Å²) in [5, 5.41) is 0. The predicted octanol–water partition coefficient (Wildman–Crippen LogP) is 4.21. The van der Waals surface area contributed by atoms with E-state index in [4.69, 9.17) is 0 Å². The van der Waals surface area contributed by atoms with Gasteiger partial charge in [-0.15, -0.1) is 0 Å². The number of hydrogen-bond acceptors (Lipinski definition) is 1. The fraction of sp³-hybridized carbons (Fsp3) is 0.941. The Morgan fingerprint density at radius 2 is 1.50 bits per heavy atom. The van der Waals surface area contributed by atoms with Gasteiger partial charge in [-0.2, -0.15) is 0 Å². The number of carbonyl (C=O) groups excluding carboxylic acids is 1. The molecule has 0 radical (unpaired) electrons. The summed E-state index contributed by atoms with van der Waals surface area (Å²) in [4.78, 5) is 12.5. The lowest BCUT2D eigenvalue weighted by Gasteiger charge is -2.60. The van der Waals surface area contributed by atoms with Gasteiger partial charge >= 0.3 is 0 Å². The molecule has 18 heavy (non-hydrogen) atoms. The van der Waals surface area contributed by atoms with Gasteiger partial charge in [0.1, 0.15) is 5.78 Å². The first-order valence-electron chi connectivity index (χ1n) is 8.17. The van der Waals surface area contributed by atoms with Crippen molar-refractivity contribution in [2.45, 2.75) is 64.7 Å². The standard InChI is InChI=1S/C17H26O/c1-11-2-3-15(16(18)4-11)17-8-12-5-13(9-17)7-14(6-12)10-17/h11-15H,2-10H2,1H3/t11-,12?,13?,14?,15+,17?/m0/s1. The van der Waals surface area contributed by atoms with Gasteiger partial charge in [-0.05, 0) is 80.5 Å². The molecule has 5 fully saturated rings. The fourth-order valence-corrected chi connectivity index (χ4v) is 6.45. The molecule has 5 saturated carbocycles. The lowest BCUT2D eigenvalue weighted by atomic mass is 9.45. The minimum Gasteiger partial charge on any atom is -0.299 e. The van der Waals surface area contributed by atoms with Crippen molar-refractivity contribution in [1.29, 1.82) is 0 Å². The van der Waals surface area contributed by atoms with E-state index in [0.29, 0.717) is 23.0 Å². The van der Waals surface area contributed by atoms with Crippen LogP contribution in [0.1, 0.15) is 64.7 Å². The predicted molar refractivity (Wildman–Crippen MR) is 72.1 cm³/mol. The molecule has 0 spiro atoms. The Labute approximate surface area is 111 Å². The van der Waals surface area contributed by atoms with Gasteiger partial charge in [0, 0.05) is 12.3 Å². The largest absolute Gasteiger partial charge is 0.299 e. The summed E-state index contributed by atoms with van der Waals surface area (Å²) in [7, 11) is 0. The number of Topliss-reactive ketones (excluding diaryl/α,β-unsaturated/α-hetero) is 1. The van der Waals surface area contributed by atoms with Crippen LogP contribution in [0, 0.1) is 35.0 Å². The molecule has 0 N–H and O–H groups in total. The average Bonchev–Trinajstić information content (AvgIpc) is 2.26. The highest BCUT2D eigenvalue weighted by atomic mass is 16.1. The van der Waals surface area contributed by atoms with E-state index >= 15 is 0 Å². The van der Waals surface area contributed by atoms with Gasteiger partial charge in [0.15, 0.2) is 0 Å². The lowest BCUT2D eigenvalue weighted by molar-refractivity contribution is -0.144. The van der Waals surface area contributed by atoms with E-state index < -0.39 is 0 Å². The molecule has 5 aliphatic rings. The SMILES string of the molecule is C[C@H]1CC[C@@H](C23CC4CC(CC(C4)C2)C3)C(=O)C1. The van der Waals surface area contributed by atoms with Gasteiger partial charge in [0.2, 0.25) is 0 Å². The van der Waals surface area contributed by atoms with Crippen LogP contribution in [0.25, 0.3) is 0 Å². The van der Waals surface area contributed by atoms with Crippen LogP contribution >= 0.6 is 0 Å². The number of rotatable bonds is 1. The Morgan fingerprint density at radius 1 is 0.944 bits per heavy atom. The highest BCUT2D eigenvalue weighted by molar-refractivity contribution is 5.82. The first-order chi connectivity index (χ1) is 8.64. The van der Waals surface area contributed by atoms with Crippen LogP contribution in [-0.4, -0.2) is 5.78 Å². The van der Waals surface area contributed by atoms with Crippen molar-refractivity contribution >= 4 is 5.78 Å². The molecule has 5 rings (SSSR count). The number of ketones is 1. The monoisotopic (exact) mass is 246 g/mol. The molecule has 4 bridgehead atoms. The summed E-state index contributed by atoms with van der Waals surface area (Å²) in [5.74, 6) is 4.72. The van der Waals surface area contributed by atoms with Gasteiger partial charge in [-0.1, -0.05) is 6.92 Å². The summed E-state index contributed by atoms with van der Waals surface area (Å²) in [6, 6.07) is 0. The van der Waals surface area contributed by atoms with Crippen molar-refractivity contribution in [1.82, 2.24) is 0 Å². The van der Waals surface area contributed by atoms with E-state index in [1.165, 1.54) is 51.4 Å². The zero-order valence-electron chi connectivity index (χ0n) is 11.7. The highest BCUT2D eigenvalue weighted by Gasteiger charge is 2.55.